The molecule has 0 unspecified atom stereocenters. The molecule has 9 nitrogen and oxygen atoms in total. The van der Waals surface area contributed by atoms with Gasteiger partial charge >= 0.3 is 0 Å². The van der Waals surface area contributed by atoms with E-state index in [9.17, 15) is 9.59 Å². The van der Waals surface area contributed by atoms with E-state index in [1.165, 1.54) is 16.7 Å². The van der Waals surface area contributed by atoms with Gasteiger partial charge in [-0.2, -0.15) is 0 Å². The maximum absolute atomic E-state index is 12.3. The molecule has 0 spiro atoms. The molecule has 0 aliphatic heterocycles. The molecule has 3 aromatic heterocycles. The molecule has 1 N–H and O–H groups in total. The number of nitrogens with one attached hydrogen (secondary N) is 1. The minimum Gasteiger partial charge on any atom is -0.467 e. The van der Waals surface area contributed by atoms with E-state index < -0.39 is 0 Å². The summed E-state index contributed by atoms with van der Waals surface area (Å²) in [5, 5.41) is 11.6. The van der Waals surface area contributed by atoms with Gasteiger partial charge in [-0.05, 0) is 24.3 Å². The Kier molecular flexibility index (Phi) is 6.43. The van der Waals surface area contributed by atoms with Crippen LogP contribution in [0, 0.1) is 0 Å². The van der Waals surface area contributed by atoms with Crippen LogP contribution < -0.4 is 5.32 Å². The highest BCUT2D eigenvalue weighted by Gasteiger charge is 2.16. The van der Waals surface area contributed by atoms with Crippen LogP contribution in [-0.2, 0) is 23.2 Å². The number of carbonyl (C=O) groups excluding carboxylic acids is 2. The highest BCUT2D eigenvalue weighted by Crippen LogP contribution is 2.22. The van der Waals surface area contributed by atoms with Crippen molar-refractivity contribution in [3.63, 3.8) is 0 Å². The van der Waals surface area contributed by atoms with Crippen molar-refractivity contribution in [1.29, 1.82) is 0 Å². The number of furan rings is 1. The minimum atomic E-state index is -0.254. The second-order valence-electron chi connectivity index (χ2n) is 6.00. The lowest BCUT2D eigenvalue weighted by atomic mass is 10.2. The third kappa shape index (κ3) is 4.97. The summed E-state index contributed by atoms with van der Waals surface area (Å²) in [7, 11) is 3.43. The van der Waals surface area contributed by atoms with E-state index in [4.69, 9.17) is 4.42 Å². The van der Waals surface area contributed by atoms with Gasteiger partial charge in [-0.15, -0.1) is 10.2 Å². The van der Waals surface area contributed by atoms with Crippen molar-refractivity contribution in [2.45, 2.75) is 11.7 Å². The van der Waals surface area contributed by atoms with Gasteiger partial charge in [-0.25, -0.2) is 0 Å². The summed E-state index contributed by atoms with van der Waals surface area (Å²) >= 11 is 1.27. The van der Waals surface area contributed by atoms with Crippen LogP contribution in [0.1, 0.15) is 5.76 Å². The van der Waals surface area contributed by atoms with E-state index in [1.54, 1.807) is 37.8 Å². The number of carbonyl (C=O) groups is 2. The number of hydrogen-bond donors (Lipinski definition) is 1. The maximum Gasteiger partial charge on any atom is 0.239 e. The third-order valence-electron chi connectivity index (χ3n) is 3.94. The van der Waals surface area contributed by atoms with Gasteiger partial charge in [0.05, 0.1) is 25.1 Å². The smallest absolute Gasteiger partial charge is 0.239 e. The molecule has 0 fully saturated rings. The monoisotopic (exact) mass is 400 g/mol. The standard InChI is InChI=1S/C18H20N6O3S/c1-23(11-15(25)20-10-14-4-3-9-27-14)16(26)12-28-18-22-21-17(24(18)2)13-5-7-19-8-6-13/h3-9H,10-12H2,1-2H3,(H,20,25). The molecular weight excluding hydrogens is 380 g/mol. The number of nitrogens with zero attached hydrogens (tertiary/aromatic N) is 5. The van der Waals surface area contributed by atoms with Crippen molar-refractivity contribution in [3.8, 4) is 11.4 Å². The zero-order valence-corrected chi connectivity index (χ0v) is 16.3. The number of rotatable bonds is 8. The fourth-order valence-corrected chi connectivity index (χ4v) is 3.24. The summed E-state index contributed by atoms with van der Waals surface area (Å²) in [5.74, 6) is 1.08. The fourth-order valence-electron chi connectivity index (χ4n) is 2.39. The predicted molar refractivity (Wildman–Crippen MR) is 103 cm³/mol. The first-order valence-corrected chi connectivity index (χ1v) is 9.49. The molecule has 0 aliphatic carbocycles. The first-order chi connectivity index (χ1) is 13.5. The van der Waals surface area contributed by atoms with Gasteiger partial charge in [0.25, 0.3) is 0 Å². The van der Waals surface area contributed by atoms with Crippen molar-refractivity contribution >= 4 is 23.6 Å². The molecule has 0 aliphatic rings. The number of thioether (sulfide) groups is 1. The first-order valence-electron chi connectivity index (χ1n) is 8.50. The van der Waals surface area contributed by atoms with Crippen molar-refractivity contribution in [1.82, 2.24) is 30.0 Å². The van der Waals surface area contributed by atoms with Gasteiger partial charge in [0.1, 0.15) is 5.76 Å². The lowest BCUT2D eigenvalue weighted by Crippen LogP contribution is -2.38. The van der Waals surface area contributed by atoms with Crippen LogP contribution in [-0.4, -0.2) is 55.8 Å². The third-order valence-corrected chi connectivity index (χ3v) is 4.95. The molecule has 3 rings (SSSR count). The van der Waals surface area contributed by atoms with E-state index in [0.717, 1.165) is 5.56 Å². The highest BCUT2D eigenvalue weighted by atomic mass is 32.2. The molecule has 0 aromatic carbocycles. The van der Waals surface area contributed by atoms with Crippen LogP contribution in [0.4, 0.5) is 0 Å². The molecule has 10 heteroatoms. The summed E-state index contributed by atoms with van der Waals surface area (Å²) in [6.45, 7) is 0.264. The molecule has 0 bridgehead atoms. The van der Waals surface area contributed by atoms with Gasteiger partial charge in [0.2, 0.25) is 11.8 Å². The van der Waals surface area contributed by atoms with Crippen molar-refractivity contribution in [2.75, 3.05) is 19.3 Å². The van der Waals surface area contributed by atoms with Crippen molar-refractivity contribution in [3.05, 3.63) is 48.7 Å². The Morgan fingerprint density at radius 1 is 1.25 bits per heavy atom. The van der Waals surface area contributed by atoms with Crippen molar-refractivity contribution < 1.29 is 14.0 Å². The molecule has 0 saturated carbocycles. The van der Waals surface area contributed by atoms with Crippen LogP contribution in [0.5, 0.6) is 0 Å². The Morgan fingerprint density at radius 2 is 2.04 bits per heavy atom. The summed E-state index contributed by atoms with van der Waals surface area (Å²) in [5.41, 5.74) is 0.897. The number of pyridine rings is 1. The Balaban J connectivity index is 1.48. The fraction of sp³-hybridized carbons (Fsp3) is 0.278. The molecule has 146 valence electrons. The number of likely N-dealkylation sites (N-methyl/N-ethyl adjacent to an activating group) is 1. The van der Waals surface area contributed by atoms with E-state index in [-0.39, 0.29) is 24.1 Å². The molecule has 0 radical (unpaired) electrons. The van der Waals surface area contributed by atoms with Gasteiger partial charge in [0.15, 0.2) is 11.0 Å². The Hall–Kier alpha value is -3.14. The van der Waals surface area contributed by atoms with Crippen LogP contribution in [0.3, 0.4) is 0 Å². The maximum atomic E-state index is 12.3. The zero-order valence-electron chi connectivity index (χ0n) is 15.5. The van der Waals surface area contributed by atoms with Crippen LogP contribution in [0.2, 0.25) is 0 Å². The molecule has 2 amide bonds. The highest BCUT2D eigenvalue weighted by molar-refractivity contribution is 7.99. The first kappa shape index (κ1) is 19.6. The molecule has 3 aromatic rings. The largest absolute Gasteiger partial charge is 0.467 e. The topological polar surface area (TPSA) is 106 Å². The van der Waals surface area contributed by atoms with Crippen molar-refractivity contribution in [2.24, 2.45) is 7.05 Å². The Labute approximate surface area is 166 Å². The lowest BCUT2D eigenvalue weighted by Gasteiger charge is -2.16. The van der Waals surface area contributed by atoms with Gasteiger partial charge in [-0.1, -0.05) is 11.8 Å². The summed E-state index contributed by atoms with van der Waals surface area (Å²) in [6, 6.07) is 7.21. The van der Waals surface area contributed by atoms with E-state index >= 15 is 0 Å². The van der Waals surface area contributed by atoms with Gasteiger partial charge in [0, 0.05) is 32.1 Å². The SMILES string of the molecule is CN(CC(=O)NCc1ccco1)C(=O)CSc1nnc(-c2ccncc2)n1C. The number of aromatic nitrogens is 4. The summed E-state index contributed by atoms with van der Waals surface area (Å²) in [6.07, 6.45) is 4.92. The van der Waals surface area contributed by atoms with E-state index in [0.29, 0.717) is 23.3 Å². The average molecular weight is 400 g/mol. The number of amides is 2. The molecular formula is C18H20N6O3S. The van der Waals surface area contributed by atoms with Gasteiger partial charge in [-0.3, -0.25) is 14.6 Å². The lowest BCUT2D eigenvalue weighted by molar-refractivity contribution is -0.132. The predicted octanol–water partition coefficient (Wildman–Crippen LogP) is 1.34. The Bertz CT molecular complexity index is 926. The normalized spacial score (nSPS) is 10.6. The van der Waals surface area contributed by atoms with Crippen LogP contribution >= 0.6 is 11.8 Å². The number of hydrogen-bond acceptors (Lipinski definition) is 7. The quantitative estimate of drug-likeness (QED) is 0.569. The zero-order chi connectivity index (χ0) is 19.9. The van der Waals surface area contributed by atoms with Gasteiger partial charge < -0.3 is 19.2 Å². The minimum absolute atomic E-state index is 0.0266. The average Bonchev–Trinajstić information content (AvgIpc) is 3.35. The Morgan fingerprint density at radius 3 is 2.75 bits per heavy atom. The molecule has 0 saturated heterocycles. The molecule has 3 heterocycles. The van der Waals surface area contributed by atoms with E-state index in [2.05, 4.69) is 20.5 Å². The van der Waals surface area contributed by atoms with Crippen LogP contribution in [0.25, 0.3) is 11.4 Å². The second-order valence-corrected chi connectivity index (χ2v) is 6.94. The van der Waals surface area contributed by atoms with E-state index in [1.807, 2.05) is 23.7 Å². The molecule has 0 atom stereocenters. The summed E-state index contributed by atoms with van der Waals surface area (Å²) < 4.78 is 6.97. The molecule has 28 heavy (non-hydrogen) atoms. The second kappa shape index (κ2) is 9.18. The van der Waals surface area contributed by atoms with Crippen LogP contribution in [0.15, 0.2) is 52.5 Å². The summed E-state index contributed by atoms with van der Waals surface area (Å²) in [4.78, 5) is 29.6.